The van der Waals surface area contributed by atoms with E-state index in [9.17, 15) is 4.79 Å². The number of hydrogen-bond acceptors (Lipinski definition) is 2. The molecule has 2 heteroatoms. The number of likely N-dealkylation sites (tertiary alicyclic amines) is 1. The maximum absolute atomic E-state index is 10.7. The summed E-state index contributed by atoms with van der Waals surface area (Å²) in [7, 11) is 0. The highest BCUT2D eigenvalue weighted by molar-refractivity contribution is 5.53. The van der Waals surface area contributed by atoms with Gasteiger partial charge in [-0.05, 0) is 38.3 Å². The highest BCUT2D eigenvalue weighted by Crippen LogP contribution is 2.19. The summed E-state index contributed by atoms with van der Waals surface area (Å²) in [6, 6.07) is 0. The number of carbonyl (C=O) groups excluding carboxylic acids is 1. The second kappa shape index (κ2) is 7.83. The van der Waals surface area contributed by atoms with E-state index in [4.69, 9.17) is 0 Å². The van der Waals surface area contributed by atoms with Gasteiger partial charge in [0.1, 0.15) is 6.29 Å². The van der Waals surface area contributed by atoms with Gasteiger partial charge in [0.25, 0.3) is 0 Å². The van der Waals surface area contributed by atoms with E-state index in [2.05, 4.69) is 18.7 Å². The highest BCUT2D eigenvalue weighted by atomic mass is 16.1. The fourth-order valence-corrected chi connectivity index (χ4v) is 2.55. The van der Waals surface area contributed by atoms with Gasteiger partial charge in [0, 0.05) is 12.5 Å². The lowest BCUT2D eigenvalue weighted by Gasteiger charge is -2.32. The van der Waals surface area contributed by atoms with Gasteiger partial charge in [-0.2, -0.15) is 0 Å². The predicted molar refractivity (Wildman–Crippen MR) is 68.5 cm³/mol. The standard InChI is InChI=1S/C14H27NO/c1-3-5-6-13(4-2)11-15-9-7-14(12-16)8-10-15/h12-14H,3-11H2,1-2H3. The van der Waals surface area contributed by atoms with Crippen LogP contribution in [0.3, 0.4) is 0 Å². The smallest absolute Gasteiger partial charge is 0.123 e. The third-order valence-corrected chi connectivity index (χ3v) is 3.88. The number of nitrogens with zero attached hydrogens (tertiary/aromatic N) is 1. The molecule has 0 radical (unpaired) electrons. The van der Waals surface area contributed by atoms with Crippen molar-refractivity contribution in [1.82, 2.24) is 4.90 Å². The summed E-state index contributed by atoms with van der Waals surface area (Å²) in [4.78, 5) is 13.2. The molecule has 16 heavy (non-hydrogen) atoms. The summed E-state index contributed by atoms with van der Waals surface area (Å²) < 4.78 is 0. The Hall–Kier alpha value is -0.370. The second-order valence-electron chi connectivity index (χ2n) is 5.19. The third-order valence-electron chi connectivity index (χ3n) is 3.88. The Balaban J connectivity index is 2.22. The minimum absolute atomic E-state index is 0.340. The molecular formula is C14H27NO. The van der Waals surface area contributed by atoms with Crippen molar-refractivity contribution in [3.8, 4) is 0 Å². The van der Waals surface area contributed by atoms with Crippen molar-refractivity contribution in [1.29, 1.82) is 0 Å². The Morgan fingerprint density at radius 1 is 1.31 bits per heavy atom. The monoisotopic (exact) mass is 225 g/mol. The van der Waals surface area contributed by atoms with Gasteiger partial charge in [-0.25, -0.2) is 0 Å². The predicted octanol–water partition coefficient (Wildman–Crippen LogP) is 3.11. The third kappa shape index (κ3) is 4.65. The van der Waals surface area contributed by atoms with E-state index in [0.29, 0.717) is 5.92 Å². The van der Waals surface area contributed by atoms with Crippen LogP contribution in [0.25, 0.3) is 0 Å². The van der Waals surface area contributed by atoms with E-state index >= 15 is 0 Å². The summed E-state index contributed by atoms with van der Waals surface area (Å²) in [6.45, 7) is 8.08. The molecule has 0 N–H and O–H groups in total. The molecular weight excluding hydrogens is 198 g/mol. The van der Waals surface area contributed by atoms with Crippen LogP contribution in [0.5, 0.6) is 0 Å². The first kappa shape index (κ1) is 13.7. The Morgan fingerprint density at radius 2 is 2.00 bits per heavy atom. The van der Waals surface area contributed by atoms with Crippen LogP contribution in [0, 0.1) is 11.8 Å². The molecule has 0 aromatic carbocycles. The van der Waals surface area contributed by atoms with E-state index in [1.54, 1.807) is 0 Å². The van der Waals surface area contributed by atoms with Crippen LogP contribution in [-0.2, 0) is 4.79 Å². The molecule has 1 atom stereocenters. The quantitative estimate of drug-likeness (QED) is 0.620. The molecule has 2 nitrogen and oxygen atoms in total. The molecule has 94 valence electrons. The van der Waals surface area contributed by atoms with Crippen molar-refractivity contribution < 1.29 is 4.79 Å². The van der Waals surface area contributed by atoms with E-state index in [-0.39, 0.29) is 0 Å². The van der Waals surface area contributed by atoms with Gasteiger partial charge in [0.05, 0.1) is 0 Å². The molecule has 1 rings (SSSR count). The molecule has 1 unspecified atom stereocenters. The summed E-state index contributed by atoms with van der Waals surface area (Å²) in [6.07, 6.45) is 8.65. The highest BCUT2D eigenvalue weighted by Gasteiger charge is 2.20. The van der Waals surface area contributed by atoms with Gasteiger partial charge in [-0.1, -0.05) is 33.1 Å². The van der Waals surface area contributed by atoms with Crippen LogP contribution >= 0.6 is 0 Å². The number of piperidine rings is 1. The van der Waals surface area contributed by atoms with E-state index in [1.807, 2.05) is 0 Å². The van der Waals surface area contributed by atoms with Crippen LogP contribution in [-0.4, -0.2) is 30.8 Å². The lowest BCUT2D eigenvalue weighted by molar-refractivity contribution is -0.112. The Morgan fingerprint density at radius 3 is 2.50 bits per heavy atom. The first-order valence-electron chi connectivity index (χ1n) is 6.97. The first-order chi connectivity index (χ1) is 7.80. The largest absolute Gasteiger partial charge is 0.303 e. The minimum Gasteiger partial charge on any atom is -0.303 e. The van der Waals surface area contributed by atoms with Gasteiger partial charge in [0.2, 0.25) is 0 Å². The molecule has 1 fully saturated rings. The Labute approximate surface area is 100 Å². The van der Waals surface area contributed by atoms with Crippen LogP contribution in [0.15, 0.2) is 0 Å². The molecule has 0 saturated carbocycles. The van der Waals surface area contributed by atoms with Gasteiger partial charge in [-0.15, -0.1) is 0 Å². The van der Waals surface area contributed by atoms with Crippen molar-refractivity contribution in [3.63, 3.8) is 0 Å². The van der Waals surface area contributed by atoms with Crippen molar-refractivity contribution in [2.24, 2.45) is 11.8 Å². The average molecular weight is 225 g/mol. The zero-order valence-corrected chi connectivity index (χ0v) is 11.0. The van der Waals surface area contributed by atoms with E-state index in [0.717, 1.165) is 38.1 Å². The molecule has 0 aromatic rings. The number of aldehydes is 1. The molecule has 0 spiro atoms. The number of carbonyl (C=O) groups is 1. The van der Waals surface area contributed by atoms with Gasteiger partial charge < -0.3 is 9.69 Å². The van der Waals surface area contributed by atoms with Crippen LogP contribution in [0.1, 0.15) is 52.4 Å². The molecule has 1 aliphatic heterocycles. The first-order valence-corrected chi connectivity index (χ1v) is 6.97. The maximum Gasteiger partial charge on any atom is 0.123 e. The SMILES string of the molecule is CCCCC(CC)CN1CCC(C=O)CC1. The average Bonchev–Trinajstić information content (AvgIpc) is 2.35. The van der Waals surface area contributed by atoms with Crippen molar-refractivity contribution in [2.45, 2.75) is 52.4 Å². The van der Waals surface area contributed by atoms with Crippen molar-refractivity contribution in [2.75, 3.05) is 19.6 Å². The lowest BCUT2D eigenvalue weighted by Crippen LogP contribution is -2.37. The van der Waals surface area contributed by atoms with E-state index < -0.39 is 0 Å². The maximum atomic E-state index is 10.7. The van der Waals surface area contributed by atoms with Crippen LogP contribution in [0.4, 0.5) is 0 Å². The minimum atomic E-state index is 0.340. The van der Waals surface area contributed by atoms with Crippen molar-refractivity contribution >= 4 is 6.29 Å². The van der Waals surface area contributed by atoms with Crippen LogP contribution in [0.2, 0.25) is 0 Å². The Bertz CT molecular complexity index is 185. The molecule has 1 heterocycles. The van der Waals surface area contributed by atoms with E-state index in [1.165, 1.54) is 32.2 Å². The fraction of sp³-hybridized carbons (Fsp3) is 0.929. The number of rotatable bonds is 7. The lowest BCUT2D eigenvalue weighted by atomic mass is 9.95. The summed E-state index contributed by atoms with van der Waals surface area (Å²) in [5, 5.41) is 0. The molecule has 0 amide bonds. The molecule has 0 bridgehead atoms. The summed E-state index contributed by atoms with van der Waals surface area (Å²) in [5.74, 6) is 1.21. The molecule has 1 aliphatic rings. The van der Waals surface area contributed by atoms with Crippen LogP contribution < -0.4 is 0 Å². The summed E-state index contributed by atoms with van der Waals surface area (Å²) >= 11 is 0. The van der Waals surface area contributed by atoms with Gasteiger partial charge in [-0.3, -0.25) is 0 Å². The molecule has 0 aromatic heterocycles. The second-order valence-corrected chi connectivity index (χ2v) is 5.19. The zero-order chi connectivity index (χ0) is 11.8. The fourth-order valence-electron chi connectivity index (χ4n) is 2.55. The number of unbranched alkanes of at least 4 members (excludes halogenated alkanes) is 1. The molecule has 0 aliphatic carbocycles. The zero-order valence-electron chi connectivity index (χ0n) is 11.0. The Kier molecular flexibility index (Phi) is 6.70. The number of hydrogen-bond donors (Lipinski definition) is 0. The van der Waals surface area contributed by atoms with Gasteiger partial charge >= 0.3 is 0 Å². The summed E-state index contributed by atoms with van der Waals surface area (Å²) in [5.41, 5.74) is 0. The van der Waals surface area contributed by atoms with Gasteiger partial charge in [0.15, 0.2) is 0 Å². The molecule has 1 saturated heterocycles. The topological polar surface area (TPSA) is 20.3 Å². The van der Waals surface area contributed by atoms with Crippen molar-refractivity contribution in [3.05, 3.63) is 0 Å². The normalized spacial score (nSPS) is 20.9.